The van der Waals surface area contributed by atoms with Crippen LogP contribution in [0.25, 0.3) is 0 Å². The molecule has 0 bridgehead atoms. The van der Waals surface area contributed by atoms with Crippen molar-refractivity contribution < 1.29 is 19.2 Å². The number of hydrogen-bond acceptors (Lipinski definition) is 4. The largest absolute Gasteiger partial charge is 0.281 e. The second-order valence-corrected chi connectivity index (χ2v) is 4.49. The minimum absolute atomic E-state index is 0.325. The highest BCUT2D eigenvalue weighted by atomic mass is 35.5. The lowest BCUT2D eigenvalue weighted by atomic mass is 10.2. The molecule has 0 amide bonds. The summed E-state index contributed by atoms with van der Waals surface area (Å²) in [5, 5.41) is -2.16. The average molecular weight is 324 g/mol. The summed E-state index contributed by atoms with van der Waals surface area (Å²) in [7, 11) is 0. The highest BCUT2D eigenvalue weighted by Gasteiger charge is 2.00. The van der Waals surface area contributed by atoms with Gasteiger partial charge in [-0.1, -0.05) is 0 Å². The molecule has 17 heavy (non-hydrogen) atoms. The van der Waals surface area contributed by atoms with E-state index in [1.54, 1.807) is 0 Å². The van der Waals surface area contributed by atoms with Gasteiger partial charge in [0.2, 0.25) is 21.0 Å². The quantitative estimate of drug-likeness (QED) is 0.410. The van der Waals surface area contributed by atoms with E-state index in [1.165, 1.54) is 0 Å². The molecule has 0 saturated carbocycles. The number of carbonyl (C=O) groups is 4. The topological polar surface area (TPSA) is 68.3 Å². The second kappa shape index (κ2) is 12.3. The van der Waals surface area contributed by atoms with Crippen molar-refractivity contribution in [2.75, 3.05) is 0 Å². The first kappa shape index (κ1) is 19.2. The monoisotopic (exact) mass is 322 g/mol. The molecule has 0 saturated heterocycles. The Morgan fingerprint density at radius 1 is 0.588 bits per heavy atom. The Kier molecular flexibility index (Phi) is 13.9. The van der Waals surface area contributed by atoms with Crippen LogP contribution in [0.4, 0.5) is 0 Å². The lowest BCUT2D eigenvalue weighted by molar-refractivity contribution is -0.118. The predicted molar refractivity (Wildman–Crippen MR) is 66.5 cm³/mol. The van der Waals surface area contributed by atoms with Crippen molar-refractivity contribution in [2.24, 2.45) is 0 Å². The Hall–Kier alpha value is -0.160. The van der Waals surface area contributed by atoms with Gasteiger partial charge >= 0.3 is 0 Å². The molecule has 8 heteroatoms. The van der Waals surface area contributed by atoms with Crippen LogP contribution in [0.1, 0.15) is 32.1 Å². The van der Waals surface area contributed by atoms with Crippen LogP contribution in [-0.2, 0) is 19.2 Å². The highest BCUT2D eigenvalue weighted by Crippen LogP contribution is 2.03. The molecule has 0 aromatic rings. The Bertz CT molecular complexity index is 263. The predicted octanol–water partition coefficient (Wildman–Crippen LogP) is 2.98. The second-order valence-electron chi connectivity index (χ2n) is 2.80. The van der Waals surface area contributed by atoms with Gasteiger partial charge in [0.15, 0.2) is 0 Å². The van der Waals surface area contributed by atoms with Crippen LogP contribution >= 0.6 is 46.4 Å². The Balaban J connectivity index is 0. The fourth-order valence-electron chi connectivity index (χ4n) is 0.637. The van der Waals surface area contributed by atoms with E-state index in [-0.39, 0.29) is 16.9 Å². The molecule has 0 aliphatic carbocycles. The molecular weight excluding hydrogens is 314 g/mol. The van der Waals surface area contributed by atoms with E-state index in [0.717, 1.165) is 0 Å². The van der Waals surface area contributed by atoms with E-state index in [0.29, 0.717) is 25.7 Å². The van der Waals surface area contributed by atoms with Gasteiger partial charge in [0.1, 0.15) is 0 Å². The molecule has 0 spiro atoms. The standard InChI is InChI=1S/C6H8Cl2O2.C3H2Cl2O2/c7-5(9)3-1-2-4-6(8)10;4-2(6)1-3(5)7/h1-4H2;1H2. The van der Waals surface area contributed by atoms with E-state index >= 15 is 0 Å². The third-order valence-electron chi connectivity index (χ3n) is 1.27. The first-order valence-electron chi connectivity index (χ1n) is 4.49. The Morgan fingerprint density at radius 2 is 0.882 bits per heavy atom. The minimum atomic E-state index is -0.722. The Morgan fingerprint density at radius 3 is 1.00 bits per heavy atom. The van der Waals surface area contributed by atoms with Crippen LogP contribution in [-0.4, -0.2) is 21.0 Å². The van der Waals surface area contributed by atoms with Gasteiger partial charge in [-0.25, -0.2) is 0 Å². The molecule has 0 aliphatic rings. The molecule has 98 valence electrons. The van der Waals surface area contributed by atoms with E-state index in [9.17, 15) is 19.2 Å². The third-order valence-corrected chi connectivity index (χ3v) is 1.92. The fraction of sp³-hybridized carbons (Fsp3) is 0.556. The average Bonchev–Trinajstić information content (AvgIpc) is 2.10. The van der Waals surface area contributed by atoms with E-state index in [2.05, 4.69) is 0 Å². The SMILES string of the molecule is O=C(Cl)CC(=O)Cl.O=C(Cl)CCCCC(=O)Cl. The van der Waals surface area contributed by atoms with Gasteiger partial charge in [0.05, 0.1) is 6.42 Å². The van der Waals surface area contributed by atoms with Crippen molar-refractivity contribution >= 4 is 67.4 Å². The van der Waals surface area contributed by atoms with Crippen LogP contribution in [0.5, 0.6) is 0 Å². The summed E-state index contributed by atoms with van der Waals surface area (Å²) in [5.74, 6) is 0. The zero-order valence-corrected chi connectivity index (χ0v) is 11.7. The summed E-state index contributed by atoms with van der Waals surface area (Å²) < 4.78 is 0. The molecule has 4 nitrogen and oxygen atoms in total. The maximum atomic E-state index is 10.1. The van der Waals surface area contributed by atoms with Crippen molar-refractivity contribution in [1.82, 2.24) is 0 Å². The van der Waals surface area contributed by atoms with Crippen LogP contribution in [0.3, 0.4) is 0 Å². The molecule has 0 aliphatic heterocycles. The highest BCUT2D eigenvalue weighted by molar-refractivity contribution is 6.72. The smallest absolute Gasteiger partial charge is 0.230 e. The summed E-state index contributed by atoms with van der Waals surface area (Å²) in [6, 6.07) is 0. The first-order chi connectivity index (χ1) is 7.75. The van der Waals surface area contributed by atoms with Crippen molar-refractivity contribution in [2.45, 2.75) is 32.1 Å². The molecule has 0 rings (SSSR count). The Labute approximate surface area is 119 Å². The summed E-state index contributed by atoms with van der Waals surface area (Å²) in [4.78, 5) is 39.7. The molecule has 0 atom stereocenters. The molecule has 0 heterocycles. The maximum absolute atomic E-state index is 10.1. The van der Waals surface area contributed by atoms with Gasteiger partial charge in [-0.3, -0.25) is 19.2 Å². The third kappa shape index (κ3) is 25.8. The molecule has 0 unspecified atom stereocenters. The molecule has 0 aromatic heterocycles. The van der Waals surface area contributed by atoms with Gasteiger partial charge in [-0.2, -0.15) is 0 Å². The zero-order valence-electron chi connectivity index (χ0n) is 8.68. The van der Waals surface area contributed by atoms with E-state index in [1.807, 2.05) is 0 Å². The van der Waals surface area contributed by atoms with Gasteiger partial charge in [0, 0.05) is 12.8 Å². The molecule has 0 radical (unpaired) electrons. The normalized spacial score (nSPS) is 8.94. The van der Waals surface area contributed by atoms with Gasteiger partial charge in [-0.05, 0) is 59.2 Å². The minimum Gasteiger partial charge on any atom is -0.281 e. The van der Waals surface area contributed by atoms with Crippen molar-refractivity contribution in [3.8, 4) is 0 Å². The van der Waals surface area contributed by atoms with Crippen LogP contribution in [0.15, 0.2) is 0 Å². The molecular formula is C9H10Cl4O4. The van der Waals surface area contributed by atoms with Crippen molar-refractivity contribution in [3.63, 3.8) is 0 Å². The lowest BCUT2D eigenvalue weighted by Gasteiger charge is -1.91. The number of rotatable bonds is 7. The molecule has 0 aromatic carbocycles. The zero-order chi connectivity index (χ0) is 13.8. The van der Waals surface area contributed by atoms with Crippen LogP contribution < -0.4 is 0 Å². The van der Waals surface area contributed by atoms with Crippen LogP contribution in [0, 0.1) is 0 Å². The van der Waals surface area contributed by atoms with Gasteiger partial charge in [0.25, 0.3) is 0 Å². The van der Waals surface area contributed by atoms with Crippen molar-refractivity contribution in [3.05, 3.63) is 0 Å². The number of carbonyl (C=O) groups excluding carboxylic acids is 4. The number of unbranched alkanes of at least 4 members (excludes halogenated alkanes) is 1. The molecule has 0 fully saturated rings. The molecule has 0 N–H and O–H groups in total. The van der Waals surface area contributed by atoms with E-state index in [4.69, 9.17) is 46.4 Å². The maximum Gasteiger partial charge on any atom is 0.230 e. The summed E-state index contributed by atoms with van der Waals surface area (Å²) in [6.45, 7) is 0. The fourth-order valence-corrected chi connectivity index (χ4v) is 1.22. The first-order valence-corrected chi connectivity index (χ1v) is 6.00. The van der Waals surface area contributed by atoms with Crippen LogP contribution in [0.2, 0.25) is 0 Å². The summed E-state index contributed by atoms with van der Waals surface area (Å²) in [5.41, 5.74) is 0. The lowest BCUT2D eigenvalue weighted by Crippen LogP contribution is -1.92. The number of hydrogen-bond donors (Lipinski definition) is 0. The van der Waals surface area contributed by atoms with Gasteiger partial charge < -0.3 is 0 Å². The number of halogens is 4. The van der Waals surface area contributed by atoms with Crippen molar-refractivity contribution in [1.29, 1.82) is 0 Å². The summed E-state index contributed by atoms with van der Waals surface area (Å²) >= 11 is 19.5. The van der Waals surface area contributed by atoms with E-state index < -0.39 is 10.5 Å². The van der Waals surface area contributed by atoms with Gasteiger partial charge in [-0.15, -0.1) is 0 Å². The summed E-state index contributed by atoms with van der Waals surface area (Å²) in [6.07, 6.45) is 1.54.